The van der Waals surface area contributed by atoms with E-state index in [1.165, 1.54) is 7.11 Å². The summed E-state index contributed by atoms with van der Waals surface area (Å²) in [6.07, 6.45) is 1.43. The first kappa shape index (κ1) is 19.0. The molecule has 0 aliphatic heterocycles. The zero-order valence-corrected chi connectivity index (χ0v) is 15.2. The van der Waals surface area contributed by atoms with E-state index in [1.807, 2.05) is 24.3 Å². The fraction of sp³-hybridized carbons (Fsp3) is 0.316. The van der Waals surface area contributed by atoms with Crippen molar-refractivity contribution in [2.45, 2.75) is 24.2 Å². The van der Waals surface area contributed by atoms with Gasteiger partial charge in [-0.2, -0.15) is 0 Å². The maximum Gasteiger partial charge on any atom is 0.309 e. The Bertz CT molecular complexity index is 793. The number of carbonyl (C=O) groups is 1. The lowest BCUT2D eigenvalue weighted by atomic mass is 10.1. The van der Waals surface area contributed by atoms with Crippen LogP contribution >= 0.6 is 0 Å². The van der Waals surface area contributed by atoms with E-state index in [0.717, 1.165) is 11.1 Å². The second kappa shape index (κ2) is 8.67. The average Bonchev–Trinajstić information content (AvgIpc) is 2.63. The second-order valence-electron chi connectivity index (χ2n) is 5.67. The summed E-state index contributed by atoms with van der Waals surface area (Å²) in [5, 5.41) is 0. The van der Waals surface area contributed by atoms with Crippen LogP contribution in [0, 0.1) is 0 Å². The number of ether oxygens (including phenoxy) is 2. The molecular weight excluding hydrogens is 340 g/mol. The number of aryl methyl sites for hydroxylation is 1. The Morgan fingerprint density at radius 1 is 0.920 bits per heavy atom. The monoisotopic (exact) mass is 362 g/mol. The molecule has 0 fully saturated rings. The van der Waals surface area contributed by atoms with E-state index in [1.54, 1.807) is 31.4 Å². The molecule has 2 aromatic rings. The van der Waals surface area contributed by atoms with Gasteiger partial charge in [-0.05, 0) is 48.2 Å². The van der Waals surface area contributed by atoms with Gasteiger partial charge in [0, 0.05) is 0 Å². The number of benzene rings is 2. The van der Waals surface area contributed by atoms with E-state index in [2.05, 4.69) is 4.74 Å². The number of carbonyl (C=O) groups excluding carboxylic acids is 1. The molecule has 0 amide bonds. The maximum absolute atomic E-state index is 12.3. The zero-order valence-electron chi connectivity index (χ0n) is 14.4. The van der Waals surface area contributed by atoms with Crippen LogP contribution < -0.4 is 4.74 Å². The Morgan fingerprint density at radius 2 is 1.52 bits per heavy atom. The number of esters is 1. The van der Waals surface area contributed by atoms with Gasteiger partial charge in [0.2, 0.25) is 0 Å². The second-order valence-corrected chi connectivity index (χ2v) is 7.78. The molecule has 0 aliphatic rings. The van der Waals surface area contributed by atoms with E-state index in [-0.39, 0.29) is 18.1 Å². The predicted octanol–water partition coefficient (Wildman–Crippen LogP) is 2.82. The Kier molecular flexibility index (Phi) is 6.58. The summed E-state index contributed by atoms with van der Waals surface area (Å²) >= 11 is 0. The molecule has 0 saturated carbocycles. The molecule has 0 spiro atoms. The summed E-state index contributed by atoms with van der Waals surface area (Å²) in [6, 6.07) is 14.0. The molecule has 0 aromatic heterocycles. The van der Waals surface area contributed by atoms with Gasteiger partial charge < -0.3 is 9.47 Å². The lowest BCUT2D eigenvalue weighted by molar-refractivity contribution is -0.139. The molecule has 0 aliphatic carbocycles. The first-order valence-corrected chi connectivity index (χ1v) is 9.61. The summed E-state index contributed by atoms with van der Waals surface area (Å²) in [6.45, 7) is 0. The van der Waals surface area contributed by atoms with Crippen molar-refractivity contribution in [3.8, 4) is 5.75 Å². The number of sulfone groups is 1. The highest BCUT2D eigenvalue weighted by Gasteiger charge is 2.14. The minimum Gasteiger partial charge on any atom is -0.497 e. The van der Waals surface area contributed by atoms with Crippen LogP contribution in [0.3, 0.4) is 0 Å². The van der Waals surface area contributed by atoms with E-state index in [0.29, 0.717) is 23.5 Å². The van der Waals surface area contributed by atoms with Crippen LogP contribution in [0.15, 0.2) is 53.4 Å². The van der Waals surface area contributed by atoms with Crippen molar-refractivity contribution in [2.75, 3.05) is 20.0 Å². The molecule has 2 aromatic carbocycles. The predicted molar refractivity (Wildman–Crippen MR) is 95.5 cm³/mol. The molecule has 6 heteroatoms. The number of hydrogen-bond acceptors (Lipinski definition) is 5. The molecule has 0 unspecified atom stereocenters. The van der Waals surface area contributed by atoms with Gasteiger partial charge in [-0.3, -0.25) is 4.79 Å². The van der Waals surface area contributed by atoms with Crippen molar-refractivity contribution < 1.29 is 22.7 Å². The number of rotatable bonds is 8. The molecule has 0 atom stereocenters. The smallest absolute Gasteiger partial charge is 0.309 e. The molecule has 0 saturated heterocycles. The van der Waals surface area contributed by atoms with Crippen LogP contribution in [0.25, 0.3) is 0 Å². The first-order valence-electron chi connectivity index (χ1n) is 7.96. The molecule has 0 heterocycles. The third-order valence-electron chi connectivity index (χ3n) is 3.90. The molecule has 25 heavy (non-hydrogen) atoms. The molecule has 5 nitrogen and oxygen atoms in total. The van der Waals surface area contributed by atoms with E-state index in [9.17, 15) is 13.2 Å². The average molecular weight is 362 g/mol. The summed E-state index contributed by atoms with van der Waals surface area (Å²) in [4.78, 5) is 11.5. The molecule has 0 N–H and O–H groups in total. The quantitative estimate of drug-likeness (QED) is 0.676. The van der Waals surface area contributed by atoms with Crippen LogP contribution in [-0.2, 0) is 32.2 Å². The highest BCUT2D eigenvalue weighted by Crippen LogP contribution is 2.18. The van der Waals surface area contributed by atoms with Crippen LogP contribution in [0.4, 0.5) is 0 Å². The van der Waals surface area contributed by atoms with Crippen molar-refractivity contribution in [1.29, 1.82) is 0 Å². The van der Waals surface area contributed by atoms with Gasteiger partial charge in [0.25, 0.3) is 0 Å². The van der Waals surface area contributed by atoms with Crippen LogP contribution in [0.2, 0.25) is 0 Å². The normalized spacial score (nSPS) is 11.1. The molecule has 2 rings (SSSR count). The van der Waals surface area contributed by atoms with Crippen LogP contribution in [-0.4, -0.2) is 34.4 Å². The van der Waals surface area contributed by atoms with E-state index >= 15 is 0 Å². The van der Waals surface area contributed by atoms with Gasteiger partial charge in [0.15, 0.2) is 9.84 Å². The van der Waals surface area contributed by atoms with Gasteiger partial charge >= 0.3 is 5.97 Å². The minimum atomic E-state index is -3.30. The van der Waals surface area contributed by atoms with Crippen molar-refractivity contribution in [2.24, 2.45) is 0 Å². The zero-order chi connectivity index (χ0) is 18.3. The van der Waals surface area contributed by atoms with E-state index < -0.39 is 9.84 Å². The third-order valence-corrected chi connectivity index (χ3v) is 5.71. The standard InChI is InChI=1S/C19H22O5S/c1-23-17-9-11-18(12-10-17)25(21,22)13-3-4-15-5-7-16(8-6-15)14-19(20)24-2/h5-12H,3-4,13-14H2,1-2H3. The van der Waals surface area contributed by atoms with Crippen molar-refractivity contribution in [1.82, 2.24) is 0 Å². The fourth-order valence-corrected chi connectivity index (χ4v) is 3.74. The topological polar surface area (TPSA) is 69.7 Å². The van der Waals surface area contributed by atoms with Crippen LogP contribution in [0.5, 0.6) is 5.75 Å². The van der Waals surface area contributed by atoms with Crippen molar-refractivity contribution in [3.05, 3.63) is 59.7 Å². The SMILES string of the molecule is COC(=O)Cc1ccc(CCCS(=O)(=O)c2ccc(OC)cc2)cc1. The lowest BCUT2D eigenvalue weighted by Gasteiger charge is -2.07. The van der Waals surface area contributed by atoms with Gasteiger partial charge in [-0.15, -0.1) is 0 Å². The van der Waals surface area contributed by atoms with Crippen molar-refractivity contribution in [3.63, 3.8) is 0 Å². The van der Waals surface area contributed by atoms with Gasteiger partial charge in [-0.25, -0.2) is 8.42 Å². The summed E-state index contributed by atoms with van der Waals surface area (Å²) < 4.78 is 34.3. The largest absolute Gasteiger partial charge is 0.497 e. The summed E-state index contributed by atoms with van der Waals surface area (Å²) in [5.41, 5.74) is 1.92. The molecule has 0 bridgehead atoms. The molecular formula is C19H22O5S. The van der Waals surface area contributed by atoms with Gasteiger partial charge in [0.05, 0.1) is 31.3 Å². The lowest BCUT2D eigenvalue weighted by Crippen LogP contribution is -2.08. The number of methoxy groups -OCH3 is 2. The summed E-state index contributed by atoms with van der Waals surface area (Å²) in [5.74, 6) is 0.438. The Labute approximate surface area is 148 Å². The Balaban J connectivity index is 1.89. The van der Waals surface area contributed by atoms with Gasteiger partial charge in [0.1, 0.15) is 5.75 Å². The maximum atomic E-state index is 12.3. The van der Waals surface area contributed by atoms with Gasteiger partial charge in [-0.1, -0.05) is 24.3 Å². The van der Waals surface area contributed by atoms with E-state index in [4.69, 9.17) is 4.74 Å². The minimum absolute atomic E-state index is 0.0865. The van der Waals surface area contributed by atoms with Crippen LogP contribution in [0.1, 0.15) is 17.5 Å². The molecule has 0 radical (unpaired) electrons. The summed E-state index contributed by atoms with van der Waals surface area (Å²) in [7, 11) is -0.397. The first-order chi connectivity index (χ1) is 11.9. The Morgan fingerprint density at radius 3 is 2.08 bits per heavy atom. The third kappa shape index (κ3) is 5.60. The highest BCUT2D eigenvalue weighted by molar-refractivity contribution is 7.91. The van der Waals surface area contributed by atoms with Crippen molar-refractivity contribution >= 4 is 15.8 Å². The highest BCUT2D eigenvalue weighted by atomic mass is 32.2. The fourth-order valence-electron chi connectivity index (χ4n) is 2.43. The molecule has 134 valence electrons. The Hall–Kier alpha value is -2.34. The number of hydrogen-bond donors (Lipinski definition) is 0.